The van der Waals surface area contributed by atoms with Crippen molar-refractivity contribution in [3.63, 3.8) is 0 Å². The number of benzene rings is 1. The number of esters is 1. The maximum absolute atomic E-state index is 14.1. The van der Waals surface area contributed by atoms with Crippen LogP contribution in [0.3, 0.4) is 0 Å². The van der Waals surface area contributed by atoms with Crippen LogP contribution in [0.15, 0.2) is 9.79 Å². The number of aromatic nitrogens is 2. The van der Waals surface area contributed by atoms with Gasteiger partial charge in [-0.3, -0.25) is 4.79 Å². The van der Waals surface area contributed by atoms with Crippen LogP contribution < -0.4 is 4.74 Å². The second-order valence-corrected chi connectivity index (χ2v) is 8.40. The van der Waals surface area contributed by atoms with Crippen molar-refractivity contribution in [3.05, 3.63) is 34.8 Å². The molecule has 0 radical (unpaired) electrons. The maximum atomic E-state index is 14.1. The van der Waals surface area contributed by atoms with Crippen LogP contribution in [0.25, 0.3) is 0 Å². The second-order valence-electron chi connectivity index (χ2n) is 7.38. The predicted octanol–water partition coefficient (Wildman–Crippen LogP) is 5.35. The van der Waals surface area contributed by atoms with Crippen LogP contribution in [0.2, 0.25) is 0 Å². The number of nitrogens with zero attached hydrogens (tertiary/aromatic N) is 2. The number of hydrogen-bond acceptors (Lipinski definition) is 4. The third-order valence-electron chi connectivity index (χ3n) is 3.64. The van der Waals surface area contributed by atoms with E-state index in [-0.39, 0.29) is 28.2 Å². The van der Waals surface area contributed by atoms with Gasteiger partial charge in [-0.2, -0.15) is 5.10 Å². The number of rotatable bonds is 4. The van der Waals surface area contributed by atoms with Gasteiger partial charge >= 0.3 is 5.97 Å². The Morgan fingerprint density at radius 1 is 0.964 bits per heavy atom. The van der Waals surface area contributed by atoms with Crippen molar-refractivity contribution in [2.24, 2.45) is 5.92 Å². The molecule has 2 aromatic rings. The van der Waals surface area contributed by atoms with E-state index in [4.69, 9.17) is 4.74 Å². The first-order valence-electron chi connectivity index (χ1n) is 8.28. The molecular weight excluding hydrogens is 403 g/mol. The Balaban J connectivity index is 2.67. The van der Waals surface area contributed by atoms with Crippen LogP contribution in [0.4, 0.5) is 22.0 Å². The molecule has 0 aliphatic heterocycles. The van der Waals surface area contributed by atoms with Crippen molar-refractivity contribution < 1.29 is 31.5 Å². The van der Waals surface area contributed by atoms with E-state index in [0.29, 0.717) is 0 Å². The molecule has 1 heterocycles. The monoisotopic (exact) mass is 422 g/mol. The van der Waals surface area contributed by atoms with Crippen molar-refractivity contribution in [3.8, 4) is 5.88 Å². The molecule has 2 rings (SSSR count). The van der Waals surface area contributed by atoms with E-state index in [9.17, 15) is 26.7 Å². The fourth-order valence-electron chi connectivity index (χ4n) is 2.14. The summed E-state index contributed by atoms with van der Waals surface area (Å²) in [5, 5.41) is 4.22. The summed E-state index contributed by atoms with van der Waals surface area (Å²) in [6.45, 7) is 9.90. The molecule has 0 saturated heterocycles. The smallest absolute Gasteiger partial charge is 0.315 e. The van der Waals surface area contributed by atoms with Crippen LogP contribution in [0.5, 0.6) is 5.88 Å². The molecular formula is C18H19F5N2O2S. The maximum Gasteiger partial charge on any atom is 0.315 e. The largest absolute Gasteiger partial charge is 0.406 e. The summed E-state index contributed by atoms with van der Waals surface area (Å²) >= 11 is 0.265. The zero-order valence-electron chi connectivity index (χ0n) is 16.1. The van der Waals surface area contributed by atoms with Gasteiger partial charge in [-0.05, 0) is 27.7 Å². The molecule has 0 N–H and O–H groups in total. The molecule has 1 aromatic carbocycles. The molecule has 0 bridgehead atoms. The van der Waals surface area contributed by atoms with Crippen LogP contribution >= 0.6 is 11.8 Å². The summed E-state index contributed by atoms with van der Waals surface area (Å²) in [5.41, 5.74) is -0.484. The normalized spacial score (nSPS) is 12.0. The molecule has 4 nitrogen and oxygen atoms in total. The highest BCUT2D eigenvalue weighted by Crippen LogP contribution is 2.43. The predicted molar refractivity (Wildman–Crippen MR) is 92.8 cm³/mol. The molecule has 154 valence electrons. The third-order valence-corrected chi connectivity index (χ3v) is 4.88. The van der Waals surface area contributed by atoms with Crippen molar-refractivity contribution in [2.45, 2.75) is 56.9 Å². The lowest BCUT2D eigenvalue weighted by molar-refractivity contribution is -0.138. The minimum atomic E-state index is -2.24. The zero-order valence-corrected chi connectivity index (χ0v) is 16.9. The minimum Gasteiger partial charge on any atom is -0.406 e. The van der Waals surface area contributed by atoms with Crippen molar-refractivity contribution in [2.75, 3.05) is 0 Å². The van der Waals surface area contributed by atoms with E-state index in [0.717, 1.165) is 0 Å². The molecule has 28 heavy (non-hydrogen) atoms. The van der Waals surface area contributed by atoms with Crippen molar-refractivity contribution >= 4 is 17.7 Å². The molecule has 0 spiro atoms. The van der Waals surface area contributed by atoms with E-state index in [1.807, 2.05) is 0 Å². The Hall–Kier alpha value is -2.10. The van der Waals surface area contributed by atoms with E-state index in [1.54, 1.807) is 34.6 Å². The summed E-state index contributed by atoms with van der Waals surface area (Å²) in [6, 6.07) is 0. The molecule has 0 aliphatic carbocycles. The number of ether oxygens (including phenoxy) is 1. The number of hydrogen-bond donors (Lipinski definition) is 0. The molecule has 0 aliphatic rings. The molecule has 0 amide bonds. The number of halogens is 5. The highest BCUT2D eigenvalue weighted by atomic mass is 32.2. The number of aryl methyl sites for hydroxylation is 1. The highest BCUT2D eigenvalue weighted by Gasteiger charge is 2.32. The van der Waals surface area contributed by atoms with E-state index >= 15 is 0 Å². The Morgan fingerprint density at radius 2 is 1.43 bits per heavy atom. The standard InChI is InChI=1S/C18H19F5N2O2S/c1-7(2)17(26)27-16-14(8(3)24-25(16)18(4,5)6)28-15-12(22)10(20)9(19)11(21)13(15)23/h7H,1-6H3. The Bertz CT molecular complexity index is 906. The lowest BCUT2D eigenvalue weighted by atomic mass is 10.1. The van der Waals surface area contributed by atoms with Gasteiger partial charge in [0, 0.05) is 0 Å². The first kappa shape index (κ1) is 22.2. The number of carbonyl (C=O) groups excluding carboxylic acids is 1. The Morgan fingerprint density at radius 3 is 1.86 bits per heavy atom. The SMILES string of the molecule is Cc1nn(C(C)(C)C)c(OC(=O)C(C)C)c1Sc1c(F)c(F)c(F)c(F)c1F. The van der Waals surface area contributed by atoms with Gasteiger partial charge in [0.1, 0.15) is 0 Å². The highest BCUT2D eigenvalue weighted by molar-refractivity contribution is 7.99. The topological polar surface area (TPSA) is 44.1 Å². The zero-order chi connectivity index (χ0) is 21.5. The minimum absolute atomic E-state index is 0.0212. The number of carbonyl (C=O) groups is 1. The third kappa shape index (κ3) is 4.01. The van der Waals surface area contributed by atoms with Gasteiger partial charge in [0.25, 0.3) is 0 Å². The van der Waals surface area contributed by atoms with Crippen molar-refractivity contribution in [1.82, 2.24) is 9.78 Å². The Kier molecular flexibility index (Phi) is 6.13. The summed E-state index contributed by atoms with van der Waals surface area (Å²) in [5.74, 6) is -11.6. The quantitative estimate of drug-likeness (QED) is 0.288. The fraction of sp³-hybridized carbons (Fsp3) is 0.444. The van der Waals surface area contributed by atoms with E-state index in [1.165, 1.54) is 11.6 Å². The molecule has 0 unspecified atom stereocenters. The molecule has 1 aromatic heterocycles. The van der Waals surface area contributed by atoms with Crippen LogP contribution in [0.1, 0.15) is 40.3 Å². The van der Waals surface area contributed by atoms with Crippen LogP contribution in [-0.4, -0.2) is 15.7 Å². The first-order chi connectivity index (χ1) is 12.8. The first-order valence-corrected chi connectivity index (χ1v) is 9.10. The lowest BCUT2D eigenvalue weighted by Crippen LogP contribution is -2.26. The molecule has 0 saturated carbocycles. The van der Waals surface area contributed by atoms with Gasteiger partial charge in [-0.1, -0.05) is 25.6 Å². The van der Waals surface area contributed by atoms with Gasteiger partial charge < -0.3 is 4.74 Å². The van der Waals surface area contributed by atoms with Gasteiger partial charge in [0.15, 0.2) is 23.3 Å². The van der Waals surface area contributed by atoms with Crippen molar-refractivity contribution in [1.29, 1.82) is 0 Å². The summed E-state index contributed by atoms with van der Waals surface area (Å²) in [6.07, 6.45) is 0. The second kappa shape index (κ2) is 7.73. The average molecular weight is 422 g/mol. The Labute approximate surface area is 163 Å². The molecule has 10 heteroatoms. The lowest BCUT2D eigenvalue weighted by Gasteiger charge is -2.22. The summed E-state index contributed by atoms with van der Waals surface area (Å²) in [7, 11) is 0. The average Bonchev–Trinajstić information content (AvgIpc) is 2.91. The van der Waals surface area contributed by atoms with Gasteiger partial charge in [-0.15, -0.1) is 0 Å². The van der Waals surface area contributed by atoms with E-state index < -0.39 is 51.4 Å². The van der Waals surface area contributed by atoms with E-state index in [2.05, 4.69) is 5.10 Å². The van der Waals surface area contributed by atoms with Gasteiger partial charge in [0.05, 0.1) is 26.9 Å². The fourth-order valence-corrected chi connectivity index (χ4v) is 3.11. The van der Waals surface area contributed by atoms with Crippen LogP contribution in [0, 0.1) is 41.9 Å². The molecule has 0 atom stereocenters. The summed E-state index contributed by atoms with van der Waals surface area (Å²) < 4.78 is 75.3. The van der Waals surface area contributed by atoms with Crippen LogP contribution in [-0.2, 0) is 10.3 Å². The summed E-state index contributed by atoms with van der Waals surface area (Å²) in [4.78, 5) is 11.0. The van der Waals surface area contributed by atoms with Gasteiger partial charge in [-0.25, -0.2) is 26.6 Å². The van der Waals surface area contributed by atoms with Gasteiger partial charge in [0.2, 0.25) is 11.7 Å². The molecule has 0 fully saturated rings.